The lowest BCUT2D eigenvalue weighted by atomic mass is 10.1. The van der Waals surface area contributed by atoms with Gasteiger partial charge in [-0.2, -0.15) is 5.26 Å². The summed E-state index contributed by atoms with van der Waals surface area (Å²) in [6, 6.07) is 11.1. The summed E-state index contributed by atoms with van der Waals surface area (Å²) in [6.07, 6.45) is 1.75. The number of hydrogen-bond donors (Lipinski definition) is 0. The molecule has 1 aromatic heterocycles. The molecule has 0 atom stereocenters. The second kappa shape index (κ2) is 5.19. The highest BCUT2D eigenvalue weighted by atomic mass is 79.9. The molecule has 0 bridgehead atoms. The fourth-order valence-electron chi connectivity index (χ4n) is 1.76. The molecule has 0 unspecified atom stereocenters. The van der Waals surface area contributed by atoms with Crippen molar-refractivity contribution in [1.29, 1.82) is 5.26 Å². The van der Waals surface area contributed by atoms with Gasteiger partial charge in [0.25, 0.3) is 5.56 Å². The van der Waals surface area contributed by atoms with E-state index in [-0.39, 0.29) is 5.56 Å². The smallest absolute Gasteiger partial charge is 0.265 e. The number of hydrogen-bond acceptors (Lipinski definition) is 2. The molecule has 0 fully saturated rings. The molecule has 18 heavy (non-hydrogen) atoms. The number of aryl methyl sites for hydroxylation is 1. The summed E-state index contributed by atoms with van der Waals surface area (Å²) in [5.74, 6) is 0. The van der Waals surface area contributed by atoms with Crippen molar-refractivity contribution in [2.45, 2.75) is 13.5 Å². The van der Waals surface area contributed by atoms with Crippen molar-refractivity contribution in [3.8, 4) is 6.07 Å². The van der Waals surface area contributed by atoms with Crippen molar-refractivity contribution >= 4 is 15.9 Å². The summed E-state index contributed by atoms with van der Waals surface area (Å²) in [5, 5.41) is 8.81. The Labute approximate surface area is 113 Å². The van der Waals surface area contributed by atoms with Crippen molar-refractivity contribution in [2.75, 3.05) is 0 Å². The molecule has 0 aliphatic rings. The molecule has 0 radical (unpaired) electrons. The van der Waals surface area contributed by atoms with Gasteiger partial charge in [-0.1, -0.05) is 6.07 Å². The lowest BCUT2D eigenvalue weighted by molar-refractivity contribution is 0.751. The van der Waals surface area contributed by atoms with E-state index in [1.807, 2.05) is 25.1 Å². The second-order valence-electron chi connectivity index (χ2n) is 4.04. The SMILES string of the molecule is Cc1cc(C#N)ccc1Cn1cccc(Br)c1=O. The fraction of sp³-hybridized carbons (Fsp3) is 0.143. The maximum atomic E-state index is 11.9. The molecule has 0 amide bonds. The monoisotopic (exact) mass is 302 g/mol. The Kier molecular flexibility index (Phi) is 3.63. The van der Waals surface area contributed by atoms with E-state index >= 15 is 0 Å². The van der Waals surface area contributed by atoms with Crippen molar-refractivity contribution in [1.82, 2.24) is 4.57 Å². The number of rotatable bonds is 2. The zero-order chi connectivity index (χ0) is 13.1. The third-order valence-corrected chi connectivity index (χ3v) is 3.39. The molecular formula is C14H11BrN2O. The van der Waals surface area contributed by atoms with Gasteiger partial charge in [-0.25, -0.2) is 0 Å². The van der Waals surface area contributed by atoms with Crippen molar-refractivity contribution < 1.29 is 0 Å². The van der Waals surface area contributed by atoms with E-state index in [0.29, 0.717) is 16.6 Å². The van der Waals surface area contributed by atoms with Gasteiger partial charge in [-0.3, -0.25) is 4.79 Å². The number of pyridine rings is 1. The van der Waals surface area contributed by atoms with Gasteiger partial charge >= 0.3 is 0 Å². The Hall–Kier alpha value is -1.86. The Morgan fingerprint density at radius 2 is 2.17 bits per heavy atom. The molecule has 0 aliphatic heterocycles. The van der Waals surface area contributed by atoms with Gasteiger partial charge in [0.05, 0.1) is 22.7 Å². The van der Waals surface area contributed by atoms with E-state index in [0.717, 1.165) is 11.1 Å². The Balaban J connectivity index is 2.38. The van der Waals surface area contributed by atoms with Crippen molar-refractivity contribution in [3.05, 3.63) is 68.0 Å². The van der Waals surface area contributed by atoms with E-state index in [1.54, 1.807) is 22.9 Å². The van der Waals surface area contributed by atoms with E-state index in [1.165, 1.54) is 0 Å². The van der Waals surface area contributed by atoms with Gasteiger partial charge in [0.15, 0.2) is 0 Å². The summed E-state index contributed by atoms with van der Waals surface area (Å²) in [6.45, 7) is 2.45. The maximum absolute atomic E-state index is 11.9. The van der Waals surface area contributed by atoms with Gasteiger partial charge in [0.2, 0.25) is 0 Å². The molecule has 2 rings (SSSR count). The minimum atomic E-state index is -0.0544. The summed E-state index contributed by atoms with van der Waals surface area (Å²) in [7, 11) is 0. The number of halogens is 1. The molecule has 0 saturated heterocycles. The average molecular weight is 303 g/mol. The number of aromatic nitrogens is 1. The summed E-state index contributed by atoms with van der Waals surface area (Å²) in [4.78, 5) is 11.9. The topological polar surface area (TPSA) is 45.8 Å². The van der Waals surface area contributed by atoms with Crippen LogP contribution in [0.1, 0.15) is 16.7 Å². The first-order chi connectivity index (χ1) is 8.61. The molecule has 0 N–H and O–H groups in total. The Morgan fingerprint density at radius 3 is 2.83 bits per heavy atom. The van der Waals surface area contributed by atoms with E-state index in [9.17, 15) is 4.79 Å². The van der Waals surface area contributed by atoms with Crippen LogP contribution in [0.25, 0.3) is 0 Å². The number of nitrogens with zero attached hydrogens (tertiary/aromatic N) is 2. The Bertz CT molecular complexity index is 683. The van der Waals surface area contributed by atoms with Crippen LogP contribution in [-0.4, -0.2) is 4.57 Å². The van der Waals surface area contributed by atoms with Crippen molar-refractivity contribution in [2.24, 2.45) is 0 Å². The number of benzene rings is 1. The van der Waals surface area contributed by atoms with Gasteiger partial charge in [-0.15, -0.1) is 0 Å². The lowest BCUT2D eigenvalue weighted by Gasteiger charge is -2.09. The van der Waals surface area contributed by atoms with E-state index < -0.39 is 0 Å². The van der Waals surface area contributed by atoms with Crippen LogP contribution in [0.2, 0.25) is 0 Å². The molecule has 0 aliphatic carbocycles. The van der Waals surface area contributed by atoms with Gasteiger partial charge in [-0.05, 0) is 58.2 Å². The average Bonchev–Trinajstić information content (AvgIpc) is 2.37. The molecule has 90 valence electrons. The van der Waals surface area contributed by atoms with Crippen LogP contribution < -0.4 is 5.56 Å². The molecule has 2 aromatic rings. The first-order valence-electron chi connectivity index (χ1n) is 5.46. The van der Waals surface area contributed by atoms with Crippen LogP contribution in [0.3, 0.4) is 0 Å². The van der Waals surface area contributed by atoms with Crippen molar-refractivity contribution in [3.63, 3.8) is 0 Å². The summed E-state index contributed by atoms with van der Waals surface area (Å²) >= 11 is 3.22. The van der Waals surface area contributed by atoms with Crippen LogP contribution in [0.15, 0.2) is 45.8 Å². The molecule has 1 aromatic carbocycles. The minimum Gasteiger partial charge on any atom is -0.310 e. The largest absolute Gasteiger partial charge is 0.310 e. The first kappa shape index (κ1) is 12.6. The predicted molar refractivity (Wildman–Crippen MR) is 73.4 cm³/mol. The van der Waals surface area contributed by atoms with Gasteiger partial charge < -0.3 is 4.57 Å². The molecule has 0 saturated carbocycles. The Morgan fingerprint density at radius 1 is 1.39 bits per heavy atom. The van der Waals surface area contributed by atoms with Crippen LogP contribution in [0, 0.1) is 18.3 Å². The first-order valence-corrected chi connectivity index (χ1v) is 6.25. The maximum Gasteiger partial charge on any atom is 0.265 e. The molecule has 4 heteroatoms. The standard InChI is InChI=1S/C14H11BrN2O/c1-10-7-11(8-16)4-5-12(10)9-17-6-2-3-13(15)14(17)18/h2-7H,9H2,1H3. The summed E-state index contributed by atoms with van der Waals surface area (Å²) < 4.78 is 2.19. The number of nitriles is 1. The second-order valence-corrected chi connectivity index (χ2v) is 4.90. The lowest BCUT2D eigenvalue weighted by Crippen LogP contribution is -2.20. The van der Waals surface area contributed by atoms with Crippen LogP contribution >= 0.6 is 15.9 Å². The zero-order valence-electron chi connectivity index (χ0n) is 9.85. The molecule has 1 heterocycles. The molecule has 0 spiro atoms. The highest BCUT2D eigenvalue weighted by molar-refractivity contribution is 9.10. The van der Waals surface area contributed by atoms with Crippen LogP contribution in [-0.2, 0) is 6.54 Å². The molecule has 3 nitrogen and oxygen atoms in total. The minimum absolute atomic E-state index is 0.0544. The van der Waals surface area contributed by atoms with Crippen LogP contribution in [0.5, 0.6) is 0 Å². The predicted octanol–water partition coefficient (Wildman–Crippen LogP) is 2.84. The normalized spacial score (nSPS) is 10.1. The summed E-state index contributed by atoms with van der Waals surface area (Å²) in [5.41, 5.74) is 2.63. The van der Waals surface area contributed by atoms with Gasteiger partial charge in [0.1, 0.15) is 0 Å². The molecular weight excluding hydrogens is 292 g/mol. The highest BCUT2D eigenvalue weighted by Crippen LogP contribution is 2.12. The zero-order valence-corrected chi connectivity index (χ0v) is 11.4. The van der Waals surface area contributed by atoms with E-state index in [2.05, 4.69) is 22.0 Å². The van der Waals surface area contributed by atoms with Gasteiger partial charge in [0, 0.05) is 6.20 Å². The highest BCUT2D eigenvalue weighted by Gasteiger charge is 2.04. The quantitative estimate of drug-likeness (QED) is 0.856. The third-order valence-electron chi connectivity index (χ3n) is 2.79. The fourth-order valence-corrected chi connectivity index (χ4v) is 2.14. The van der Waals surface area contributed by atoms with E-state index in [4.69, 9.17) is 5.26 Å². The van der Waals surface area contributed by atoms with Crippen LogP contribution in [0.4, 0.5) is 0 Å². The third kappa shape index (κ3) is 2.52.